The van der Waals surface area contributed by atoms with Crippen molar-refractivity contribution < 1.29 is 18.9 Å². The number of carbonyl (C=O) groups is 2. The van der Waals surface area contributed by atoms with E-state index >= 15 is 0 Å². The first-order valence-corrected chi connectivity index (χ1v) is 10.6. The quantitative estimate of drug-likeness (QED) is 0.225. The molecular weight excluding hydrogens is 448 g/mol. The summed E-state index contributed by atoms with van der Waals surface area (Å²) in [5.41, 5.74) is 1.65. The smallest absolute Gasteiger partial charge is 0.270 e. The second-order valence-electron chi connectivity index (χ2n) is 7.43. The van der Waals surface area contributed by atoms with Gasteiger partial charge in [0.15, 0.2) is 0 Å². The van der Waals surface area contributed by atoms with E-state index in [4.69, 9.17) is 4.42 Å². The average molecular weight is 468 g/mol. The zero-order valence-electron chi connectivity index (χ0n) is 18.4. The van der Waals surface area contributed by atoms with Crippen LogP contribution in [0.1, 0.15) is 21.7 Å². The third kappa shape index (κ3) is 6.05. The summed E-state index contributed by atoms with van der Waals surface area (Å²) in [6.07, 6.45) is 4.64. The molecule has 2 heterocycles. The van der Waals surface area contributed by atoms with Gasteiger partial charge in [-0.25, -0.2) is 0 Å². The summed E-state index contributed by atoms with van der Waals surface area (Å²) >= 11 is 0. The SMILES string of the molecule is O=C(NCc1ccncc1)C(=Cc1ccc(-c2cccc([N+](=O)[O-])c2)o1)NC(=O)c1ccccc1. The lowest BCUT2D eigenvalue weighted by Crippen LogP contribution is -2.34. The van der Waals surface area contributed by atoms with Gasteiger partial charge in [0.25, 0.3) is 17.5 Å². The highest BCUT2D eigenvalue weighted by molar-refractivity contribution is 6.05. The molecule has 2 amide bonds. The lowest BCUT2D eigenvalue weighted by molar-refractivity contribution is -0.384. The largest absolute Gasteiger partial charge is 0.457 e. The Morgan fingerprint density at radius 2 is 1.74 bits per heavy atom. The van der Waals surface area contributed by atoms with E-state index in [0.29, 0.717) is 16.9 Å². The minimum absolute atomic E-state index is 0.0205. The Hall–Kier alpha value is -5.05. The molecule has 9 nitrogen and oxygen atoms in total. The second-order valence-corrected chi connectivity index (χ2v) is 7.43. The maximum Gasteiger partial charge on any atom is 0.270 e. The standard InChI is InChI=1S/C26H20N4O5/c31-25(19-5-2-1-3-6-19)29-23(26(32)28-17-18-11-13-27-14-12-18)16-22-9-10-24(35-22)20-7-4-8-21(15-20)30(33)34/h1-16H,17H2,(H,28,32)(H,29,31). The Morgan fingerprint density at radius 1 is 0.971 bits per heavy atom. The number of non-ortho nitro benzene ring substituents is 1. The number of pyridine rings is 1. The maximum absolute atomic E-state index is 13.0. The third-order valence-electron chi connectivity index (χ3n) is 4.99. The Labute approximate surface area is 200 Å². The summed E-state index contributed by atoms with van der Waals surface area (Å²) in [5, 5.41) is 16.5. The first-order valence-electron chi connectivity index (χ1n) is 10.6. The van der Waals surface area contributed by atoms with E-state index < -0.39 is 16.7 Å². The predicted octanol–water partition coefficient (Wildman–Crippen LogP) is 4.34. The van der Waals surface area contributed by atoms with E-state index in [1.54, 1.807) is 79.1 Å². The van der Waals surface area contributed by atoms with E-state index in [1.165, 1.54) is 18.2 Å². The number of hydrogen-bond donors (Lipinski definition) is 2. The van der Waals surface area contributed by atoms with Gasteiger partial charge < -0.3 is 15.1 Å². The highest BCUT2D eigenvalue weighted by atomic mass is 16.6. The van der Waals surface area contributed by atoms with Crippen LogP contribution in [0.3, 0.4) is 0 Å². The third-order valence-corrected chi connectivity index (χ3v) is 4.99. The van der Waals surface area contributed by atoms with Gasteiger partial charge in [-0.05, 0) is 42.0 Å². The van der Waals surface area contributed by atoms with Gasteiger partial charge in [0.1, 0.15) is 17.2 Å². The number of carbonyl (C=O) groups excluding carboxylic acids is 2. The molecule has 0 saturated carbocycles. The number of rotatable bonds is 8. The van der Waals surface area contributed by atoms with Gasteiger partial charge in [-0.15, -0.1) is 0 Å². The zero-order valence-corrected chi connectivity index (χ0v) is 18.4. The van der Waals surface area contributed by atoms with E-state index in [1.807, 2.05) is 0 Å². The Bertz CT molecular complexity index is 1380. The van der Waals surface area contributed by atoms with Gasteiger partial charge >= 0.3 is 0 Å². The van der Waals surface area contributed by atoms with Gasteiger partial charge in [0.05, 0.1) is 4.92 Å². The zero-order chi connectivity index (χ0) is 24.6. The fourth-order valence-corrected chi connectivity index (χ4v) is 3.22. The maximum atomic E-state index is 13.0. The molecule has 0 aliphatic rings. The Balaban J connectivity index is 1.59. The molecule has 0 spiro atoms. The number of furan rings is 1. The van der Waals surface area contributed by atoms with E-state index in [2.05, 4.69) is 15.6 Å². The lowest BCUT2D eigenvalue weighted by Gasteiger charge is -2.11. The molecule has 4 rings (SSSR count). The van der Waals surface area contributed by atoms with Crippen molar-refractivity contribution in [2.45, 2.75) is 6.54 Å². The number of nitro groups is 1. The molecule has 9 heteroatoms. The fourth-order valence-electron chi connectivity index (χ4n) is 3.22. The van der Waals surface area contributed by atoms with Crippen LogP contribution < -0.4 is 10.6 Å². The molecular formula is C26H20N4O5. The first kappa shape index (κ1) is 23.1. The Morgan fingerprint density at radius 3 is 2.49 bits per heavy atom. The van der Waals surface area contributed by atoms with Crippen molar-refractivity contribution in [1.29, 1.82) is 0 Å². The lowest BCUT2D eigenvalue weighted by atomic mass is 10.1. The number of amides is 2. The topological polar surface area (TPSA) is 127 Å². The molecule has 4 aromatic rings. The summed E-state index contributed by atoms with van der Waals surface area (Å²) in [4.78, 5) is 40.2. The molecule has 0 bridgehead atoms. The van der Waals surface area contributed by atoms with Gasteiger partial charge in [-0.2, -0.15) is 0 Å². The molecule has 0 unspecified atom stereocenters. The first-order chi connectivity index (χ1) is 17.0. The van der Waals surface area contributed by atoms with Gasteiger partial charge in [-0.1, -0.05) is 30.3 Å². The normalized spacial score (nSPS) is 11.0. The summed E-state index contributed by atoms with van der Waals surface area (Å²) in [6, 6.07) is 21.3. The number of aromatic nitrogens is 1. The summed E-state index contributed by atoms with van der Waals surface area (Å²) < 4.78 is 5.80. The highest BCUT2D eigenvalue weighted by Gasteiger charge is 2.16. The van der Waals surface area contributed by atoms with Gasteiger partial charge in [0, 0.05) is 48.3 Å². The number of nitrogens with zero attached hydrogens (tertiary/aromatic N) is 2. The van der Waals surface area contributed by atoms with Gasteiger partial charge in [0.2, 0.25) is 0 Å². The van der Waals surface area contributed by atoms with Crippen LogP contribution in [-0.4, -0.2) is 21.7 Å². The van der Waals surface area contributed by atoms with Crippen molar-refractivity contribution in [3.05, 3.63) is 124 Å². The van der Waals surface area contributed by atoms with Crippen molar-refractivity contribution in [3.63, 3.8) is 0 Å². The summed E-state index contributed by atoms with van der Waals surface area (Å²) in [7, 11) is 0. The van der Waals surface area contributed by atoms with Crippen molar-refractivity contribution in [2.24, 2.45) is 0 Å². The molecule has 0 aliphatic carbocycles. The Kier molecular flexibility index (Phi) is 7.08. The number of nitrogens with one attached hydrogen (secondary N) is 2. The number of nitro benzene ring substituents is 1. The summed E-state index contributed by atoms with van der Waals surface area (Å²) in [5.74, 6) is -0.305. The molecule has 0 atom stereocenters. The van der Waals surface area contributed by atoms with E-state index in [9.17, 15) is 19.7 Å². The average Bonchev–Trinajstić information content (AvgIpc) is 3.36. The monoisotopic (exact) mass is 468 g/mol. The van der Waals surface area contributed by atoms with Crippen LogP contribution in [0, 0.1) is 10.1 Å². The molecule has 35 heavy (non-hydrogen) atoms. The van der Waals surface area contributed by atoms with Crippen molar-refractivity contribution in [3.8, 4) is 11.3 Å². The predicted molar refractivity (Wildman–Crippen MR) is 129 cm³/mol. The minimum atomic E-state index is -0.514. The van der Waals surface area contributed by atoms with Crippen LogP contribution in [0.4, 0.5) is 5.69 Å². The molecule has 2 aromatic heterocycles. The number of hydrogen-bond acceptors (Lipinski definition) is 6. The minimum Gasteiger partial charge on any atom is -0.457 e. The van der Waals surface area contributed by atoms with Crippen LogP contribution >= 0.6 is 0 Å². The van der Waals surface area contributed by atoms with Crippen LogP contribution in [0.2, 0.25) is 0 Å². The van der Waals surface area contributed by atoms with E-state index in [-0.39, 0.29) is 23.7 Å². The summed E-state index contributed by atoms with van der Waals surface area (Å²) in [6.45, 7) is 0.233. The molecule has 0 saturated heterocycles. The fraction of sp³-hybridized carbons (Fsp3) is 0.0385. The van der Waals surface area contributed by atoms with Crippen LogP contribution in [0.15, 0.2) is 101 Å². The van der Waals surface area contributed by atoms with Crippen LogP contribution in [0.25, 0.3) is 17.4 Å². The van der Waals surface area contributed by atoms with Crippen LogP contribution in [0.5, 0.6) is 0 Å². The molecule has 2 aromatic carbocycles. The van der Waals surface area contributed by atoms with Crippen LogP contribution in [-0.2, 0) is 11.3 Å². The van der Waals surface area contributed by atoms with Crippen molar-refractivity contribution >= 4 is 23.6 Å². The second kappa shape index (κ2) is 10.7. The van der Waals surface area contributed by atoms with Gasteiger partial charge in [-0.3, -0.25) is 24.7 Å². The molecule has 174 valence electrons. The van der Waals surface area contributed by atoms with Crippen molar-refractivity contribution in [2.75, 3.05) is 0 Å². The highest BCUT2D eigenvalue weighted by Crippen LogP contribution is 2.26. The van der Waals surface area contributed by atoms with Crippen molar-refractivity contribution in [1.82, 2.24) is 15.6 Å². The molecule has 0 aliphatic heterocycles. The number of benzene rings is 2. The molecule has 0 fully saturated rings. The van der Waals surface area contributed by atoms with E-state index in [0.717, 1.165) is 5.56 Å². The molecule has 2 N–H and O–H groups in total. The molecule has 0 radical (unpaired) electrons.